The zero-order valence-electron chi connectivity index (χ0n) is 22.4. The van der Waals surface area contributed by atoms with Crippen molar-refractivity contribution < 1.29 is 19.1 Å². The molecule has 0 bridgehead atoms. The molecule has 0 saturated heterocycles. The first kappa shape index (κ1) is 25.9. The Kier molecular flexibility index (Phi) is 6.84. The predicted octanol–water partition coefficient (Wildman–Crippen LogP) is 7.27. The van der Waals surface area contributed by atoms with Crippen LogP contribution in [0.2, 0.25) is 0 Å². The van der Waals surface area contributed by atoms with Crippen LogP contribution in [-0.2, 0) is 4.74 Å². The summed E-state index contributed by atoms with van der Waals surface area (Å²) in [6.45, 7) is 4.34. The number of nitrogens with two attached hydrogens (primary N) is 1. The molecule has 3 aliphatic carbocycles. The van der Waals surface area contributed by atoms with Crippen LogP contribution in [0.3, 0.4) is 0 Å². The number of ether oxygens (including phenoxy) is 1. The second-order valence-corrected chi connectivity index (χ2v) is 12.6. The largest absolute Gasteiger partial charge is 0.459 e. The number of ketones is 2. The molecule has 0 radical (unpaired) electrons. The van der Waals surface area contributed by atoms with E-state index in [0.717, 1.165) is 41.6 Å². The average molecular weight is 540 g/mol. The van der Waals surface area contributed by atoms with Gasteiger partial charge in [0.15, 0.2) is 11.6 Å². The van der Waals surface area contributed by atoms with Gasteiger partial charge in [0.05, 0.1) is 16.8 Å². The molecule has 3 aromatic carbocycles. The Bertz CT molecular complexity index is 1480. The van der Waals surface area contributed by atoms with Crippen LogP contribution in [0, 0.1) is 24.7 Å². The Hall–Kier alpha value is -3.38. The van der Waals surface area contributed by atoms with Gasteiger partial charge in [-0.3, -0.25) is 9.59 Å². The molecule has 4 atom stereocenters. The zero-order chi connectivity index (χ0) is 27.3. The summed E-state index contributed by atoms with van der Waals surface area (Å²) in [4.78, 5) is 42.4. The van der Waals surface area contributed by atoms with Crippen molar-refractivity contribution in [2.75, 3.05) is 5.73 Å². The fourth-order valence-corrected chi connectivity index (χ4v) is 7.67. The monoisotopic (exact) mass is 539 g/mol. The van der Waals surface area contributed by atoms with Crippen LogP contribution in [0.4, 0.5) is 5.69 Å². The number of rotatable bonds is 4. The first-order valence-electron chi connectivity index (χ1n) is 13.9. The van der Waals surface area contributed by atoms with E-state index in [1.165, 1.54) is 31.0 Å². The van der Waals surface area contributed by atoms with Gasteiger partial charge in [-0.15, -0.1) is 0 Å². The van der Waals surface area contributed by atoms with Crippen molar-refractivity contribution in [3.63, 3.8) is 0 Å². The summed E-state index contributed by atoms with van der Waals surface area (Å²) in [5.41, 5.74) is 8.86. The van der Waals surface area contributed by atoms with E-state index in [9.17, 15) is 14.4 Å². The number of fused-ring (bicyclic) bond motifs is 3. The number of anilines is 1. The zero-order valence-corrected chi connectivity index (χ0v) is 23.2. The standard InChI is InChI=1S/C33H33NO4S/c1-18-8-13-23(14-9-18)39-27-17-26(33(37)38-22-12-11-20-15-19(2)7-10-21(20)16-22)30(34)29-28(27)31(35)24-5-3-4-6-25(24)32(29)36/h3-6,8-9,13-14,17,19-22H,7,10-12,15-16,34H2,1-2H3. The van der Waals surface area contributed by atoms with Crippen molar-refractivity contribution in [3.05, 3.63) is 88.0 Å². The number of carbonyl (C=O) groups excluding carboxylic acids is 3. The quantitative estimate of drug-likeness (QED) is 0.217. The number of esters is 1. The Labute approximate surface area is 233 Å². The SMILES string of the molecule is Cc1ccc(Sc2cc(C(=O)OC3CCC4CC(C)CCC4C3)c(N)c3c2C(=O)c2ccccc2C3=O)cc1. The van der Waals surface area contributed by atoms with Crippen molar-refractivity contribution in [1.82, 2.24) is 0 Å². The first-order chi connectivity index (χ1) is 18.8. The van der Waals surface area contributed by atoms with Gasteiger partial charge in [0.2, 0.25) is 0 Å². The molecule has 0 aliphatic heterocycles. The molecule has 0 spiro atoms. The van der Waals surface area contributed by atoms with Gasteiger partial charge < -0.3 is 10.5 Å². The maximum Gasteiger partial charge on any atom is 0.340 e. The molecular formula is C33H33NO4S. The fraction of sp³-hybridized carbons (Fsp3) is 0.364. The maximum absolute atomic E-state index is 13.7. The lowest BCUT2D eigenvalue weighted by Crippen LogP contribution is -2.35. The molecule has 2 N–H and O–H groups in total. The van der Waals surface area contributed by atoms with E-state index < -0.39 is 5.97 Å². The van der Waals surface area contributed by atoms with Crippen molar-refractivity contribution in [2.45, 2.75) is 68.3 Å². The van der Waals surface area contributed by atoms with Crippen LogP contribution in [0.1, 0.15) is 93.2 Å². The summed E-state index contributed by atoms with van der Waals surface area (Å²) in [5.74, 6) is 0.972. The number of nitrogen functional groups attached to an aromatic ring is 1. The summed E-state index contributed by atoms with van der Waals surface area (Å²) in [7, 11) is 0. The van der Waals surface area contributed by atoms with E-state index in [4.69, 9.17) is 10.5 Å². The second-order valence-electron chi connectivity index (χ2n) is 11.5. The molecular weight excluding hydrogens is 506 g/mol. The molecule has 4 unspecified atom stereocenters. The van der Waals surface area contributed by atoms with Gasteiger partial charge in [-0.25, -0.2) is 4.79 Å². The first-order valence-corrected chi connectivity index (χ1v) is 14.7. The van der Waals surface area contributed by atoms with E-state index >= 15 is 0 Å². The van der Waals surface area contributed by atoms with Crippen molar-refractivity contribution >= 4 is 35.0 Å². The molecule has 0 aromatic heterocycles. The minimum absolute atomic E-state index is 0.0243. The number of hydrogen-bond donors (Lipinski definition) is 1. The van der Waals surface area contributed by atoms with E-state index in [1.54, 1.807) is 30.3 Å². The van der Waals surface area contributed by atoms with Crippen LogP contribution in [0.15, 0.2) is 64.4 Å². The number of carbonyl (C=O) groups is 3. The predicted molar refractivity (Wildman–Crippen MR) is 153 cm³/mol. The Morgan fingerprint density at radius 1 is 0.872 bits per heavy atom. The van der Waals surface area contributed by atoms with Crippen molar-refractivity contribution in [3.8, 4) is 0 Å². The van der Waals surface area contributed by atoms with Crippen molar-refractivity contribution in [1.29, 1.82) is 0 Å². The molecule has 3 aromatic rings. The number of aryl methyl sites for hydroxylation is 1. The van der Waals surface area contributed by atoms with Gasteiger partial charge in [0.1, 0.15) is 6.10 Å². The Balaban J connectivity index is 1.36. The third-order valence-corrected chi connectivity index (χ3v) is 9.82. The smallest absolute Gasteiger partial charge is 0.340 e. The van der Waals surface area contributed by atoms with E-state index in [2.05, 4.69) is 6.92 Å². The summed E-state index contributed by atoms with van der Waals surface area (Å²) in [6, 6.07) is 16.3. The highest BCUT2D eigenvalue weighted by molar-refractivity contribution is 7.99. The topological polar surface area (TPSA) is 86.5 Å². The van der Waals surface area contributed by atoms with Crippen LogP contribution in [0.5, 0.6) is 0 Å². The molecule has 6 heteroatoms. The third-order valence-electron chi connectivity index (χ3n) is 8.77. The maximum atomic E-state index is 13.7. The summed E-state index contributed by atoms with van der Waals surface area (Å²) in [6.07, 6.45) is 6.33. The minimum atomic E-state index is -0.521. The normalized spacial score (nSPS) is 23.9. The van der Waals surface area contributed by atoms with Gasteiger partial charge in [-0.1, -0.05) is 67.1 Å². The van der Waals surface area contributed by atoms with Gasteiger partial charge in [0, 0.05) is 26.5 Å². The van der Waals surface area contributed by atoms with Gasteiger partial charge in [0.25, 0.3) is 0 Å². The van der Waals surface area contributed by atoms with Crippen LogP contribution < -0.4 is 5.73 Å². The highest BCUT2D eigenvalue weighted by atomic mass is 32.2. The molecule has 2 fully saturated rings. The lowest BCUT2D eigenvalue weighted by Gasteiger charge is -2.41. The summed E-state index contributed by atoms with van der Waals surface area (Å²) >= 11 is 1.36. The lowest BCUT2D eigenvalue weighted by molar-refractivity contribution is -0.00485. The van der Waals surface area contributed by atoms with E-state index in [-0.39, 0.29) is 40.0 Å². The molecule has 39 heavy (non-hydrogen) atoms. The van der Waals surface area contributed by atoms with E-state index in [0.29, 0.717) is 21.9 Å². The van der Waals surface area contributed by atoms with E-state index in [1.807, 2.05) is 31.2 Å². The Morgan fingerprint density at radius 3 is 2.23 bits per heavy atom. The van der Waals surface area contributed by atoms with Crippen LogP contribution in [0.25, 0.3) is 0 Å². The Morgan fingerprint density at radius 2 is 1.51 bits per heavy atom. The molecule has 6 rings (SSSR count). The summed E-state index contributed by atoms with van der Waals surface area (Å²) in [5, 5.41) is 0. The average Bonchev–Trinajstić information content (AvgIpc) is 2.93. The molecule has 0 heterocycles. The van der Waals surface area contributed by atoms with Crippen molar-refractivity contribution in [2.24, 2.45) is 17.8 Å². The third kappa shape index (κ3) is 4.80. The fourth-order valence-electron chi connectivity index (χ4n) is 6.67. The number of hydrogen-bond acceptors (Lipinski definition) is 6. The molecule has 0 amide bonds. The van der Waals surface area contributed by atoms with Gasteiger partial charge in [-0.05, 0) is 75.0 Å². The highest BCUT2D eigenvalue weighted by Gasteiger charge is 2.38. The highest BCUT2D eigenvalue weighted by Crippen LogP contribution is 2.45. The minimum Gasteiger partial charge on any atom is -0.459 e. The molecule has 5 nitrogen and oxygen atoms in total. The van der Waals surface area contributed by atoms with Crippen LogP contribution in [-0.4, -0.2) is 23.6 Å². The van der Waals surface area contributed by atoms with Gasteiger partial charge in [-0.2, -0.15) is 0 Å². The molecule has 2 saturated carbocycles. The second kappa shape index (κ2) is 10.3. The molecule has 3 aliphatic rings. The van der Waals surface area contributed by atoms with Gasteiger partial charge >= 0.3 is 5.97 Å². The number of benzene rings is 3. The molecule has 200 valence electrons. The lowest BCUT2D eigenvalue weighted by atomic mass is 9.67. The van der Waals surface area contributed by atoms with Crippen LogP contribution >= 0.6 is 11.8 Å². The summed E-state index contributed by atoms with van der Waals surface area (Å²) < 4.78 is 6.05.